The van der Waals surface area contributed by atoms with E-state index in [0.717, 1.165) is 12.0 Å². The molecule has 0 bridgehead atoms. The third-order valence-corrected chi connectivity index (χ3v) is 3.04. The summed E-state index contributed by atoms with van der Waals surface area (Å²) in [6.07, 6.45) is 0.740. The molecule has 1 aromatic rings. The maximum absolute atomic E-state index is 11.0. The van der Waals surface area contributed by atoms with Gasteiger partial charge in [0.15, 0.2) is 0 Å². The Bertz CT molecular complexity index is 413. The van der Waals surface area contributed by atoms with Gasteiger partial charge in [-0.15, -0.1) is 0 Å². The Morgan fingerprint density at radius 1 is 1.50 bits per heavy atom. The van der Waals surface area contributed by atoms with Gasteiger partial charge in [0.25, 0.3) is 0 Å². The van der Waals surface area contributed by atoms with E-state index in [2.05, 4.69) is 10.1 Å². The van der Waals surface area contributed by atoms with E-state index >= 15 is 0 Å². The Morgan fingerprint density at radius 2 is 2.22 bits per heavy atom. The molecule has 0 amide bonds. The first-order valence-corrected chi connectivity index (χ1v) is 6.28. The summed E-state index contributed by atoms with van der Waals surface area (Å²) in [5, 5.41) is 4.33. The van der Waals surface area contributed by atoms with Gasteiger partial charge in [0.1, 0.15) is 6.04 Å². The lowest BCUT2D eigenvalue weighted by Crippen LogP contribution is -2.41. The second kappa shape index (κ2) is 7.59. The van der Waals surface area contributed by atoms with Gasteiger partial charge in [0.05, 0.1) is 7.11 Å². The fourth-order valence-corrected chi connectivity index (χ4v) is 1.94. The van der Waals surface area contributed by atoms with Crippen LogP contribution in [0.1, 0.15) is 5.56 Å². The molecule has 3 N–H and O–H groups in total. The van der Waals surface area contributed by atoms with E-state index in [9.17, 15) is 4.79 Å². The zero-order valence-electron chi connectivity index (χ0n) is 10.1. The molecule has 100 valence electrons. The summed E-state index contributed by atoms with van der Waals surface area (Å²) in [5.41, 5.74) is 6.58. The number of ether oxygens (including phenoxy) is 1. The van der Waals surface area contributed by atoms with Crippen molar-refractivity contribution in [1.82, 2.24) is 5.32 Å². The first-order chi connectivity index (χ1) is 8.54. The fourth-order valence-electron chi connectivity index (χ4n) is 1.44. The summed E-state index contributed by atoms with van der Waals surface area (Å²) < 4.78 is 4.52. The number of halogens is 2. The normalized spacial score (nSPS) is 12.2. The molecule has 0 saturated carbocycles. The minimum atomic E-state index is -0.643. The van der Waals surface area contributed by atoms with E-state index in [1.807, 2.05) is 6.07 Å². The molecule has 1 aromatic carbocycles. The Morgan fingerprint density at radius 3 is 2.83 bits per heavy atom. The monoisotopic (exact) mass is 290 g/mol. The summed E-state index contributed by atoms with van der Waals surface area (Å²) in [6, 6.07) is 4.74. The Kier molecular flexibility index (Phi) is 6.43. The first kappa shape index (κ1) is 15.2. The van der Waals surface area contributed by atoms with Crippen LogP contribution in [-0.2, 0) is 16.0 Å². The lowest BCUT2D eigenvalue weighted by molar-refractivity contribution is -0.142. The highest BCUT2D eigenvalue weighted by molar-refractivity contribution is 6.35. The Hall–Kier alpha value is -0.810. The summed E-state index contributed by atoms with van der Waals surface area (Å²) in [5.74, 6) is -0.424. The van der Waals surface area contributed by atoms with Crippen LogP contribution in [-0.4, -0.2) is 32.2 Å². The van der Waals surface area contributed by atoms with Crippen LogP contribution in [0.25, 0.3) is 0 Å². The second-order valence-corrected chi connectivity index (χ2v) is 4.66. The van der Waals surface area contributed by atoms with Crippen molar-refractivity contribution in [2.24, 2.45) is 5.73 Å². The first-order valence-electron chi connectivity index (χ1n) is 5.52. The quantitative estimate of drug-likeness (QED) is 0.617. The van der Waals surface area contributed by atoms with Gasteiger partial charge in [0.2, 0.25) is 0 Å². The van der Waals surface area contributed by atoms with Gasteiger partial charge in [-0.1, -0.05) is 29.3 Å². The summed E-state index contributed by atoms with van der Waals surface area (Å²) >= 11 is 11.8. The van der Waals surface area contributed by atoms with Gasteiger partial charge in [0, 0.05) is 16.6 Å². The third kappa shape index (κ3) is 4.82. The minimum Gasteiger partial charge on any atom is -0.468 e. The molecule has 0 aliphatic heterocycles. The maximum Gasteiger partial charge on any atom is 0.323 e. The van der Waals surface area contributed by atoms with Gasteiger partial charge < -0.3 is 15.8 Å². The molecular formula is C12H16Cl2N2O2. The zero-order valence-corrected chi connectivity index (χ0v) is 11.6. The molecule has 0 radical (unpaired) electrons. The largest absolute Gasteiger partial charge is 0.468 e. The number of rotatable bonds is 6. The van der Waals surface area contributed by atoms with Crippen molar-refractivity contribution in [3.63, 3.8) is 0 Å². The molecule has 1 atom stereocenters. The van der Waals surface area contributed by atoms with Crippen molar-refractivity contribution >= 4 is 29.2 Å². The van der Waals surface area contributed by atoms with Crippen LogP contribution in [0.3, 0.4) is 0 Å². The lowest BCUT2D eigenvalue weighted by atomic mass is 10.1. The highest BCUT2D eigenvalue weighted by atomic mass is 35.5. The highest BCUT2D eigenvalue weighted by Crippen LogP contribution is 2.20. The SMILES string of the molecule is COC(=O)C(N)CNCCc1ccc(Cl)cc1Cl. The number of carbonyl (C=O) groups excluding carboxylic acids is 1. The van der Waals surface area contributed by atoms with Crippen LogP contribution in [0.2, 0.25) is 10.0 Å². The van der Waals surface area contributed by atoms with E-state index in [-0.39, 0.29) is 0 Å². The van der Waals surface area contributed by atoms with E-state index in [4.69, 9.17) is 28.9 Å². The molecule has 0 fully saturated rings. The molecule has 1 unspecified atom stereocenters. The number of esters is 1. The molecule has 6 heteroatoms. The second-order valence-electron chi connectivity index (χ2n) is 3.82. The van der Waals surface area contributed by atoms with E-state index in [1.54, 1.807) is 12.1 Å². The molecule has 0 aliphatic rings. The van der Waals surface area contributed by atoms with Gasteiger partial charge in [-0.2, -0.15) is 0 Å². The minimum absolute atomic E-state index is 0.373. The molecule has 0 saturated heterocycles. The highest BCUT2D eigenvalue weighted by Gasteiger charge is 2.12. The molecule has 18 heavy (non-hydrogen) atoms. The Balaban J connectivity index is 2.32. The average Bonchev–Trinajstić information content (AvgIpc) is 2.35. The standard InChI is InChI=1S/C12H16Cl2N2O2/c1-18-12(17)11(15)7-16-5-4-8-2-3-9(13)6-10(8)14/h2-3,6,11,16H,4-5,7,15H2,1H3. The predicted octanol–water partition coefficient (Wildman–Crippen LogP) is 1.63. The van der Waals surface area contributed by atoms with Gasteiger partial charge in [-0.05, 0) is 30.7 Å². The summed E-state index contributed by atoms with van der Waals surface area (Å²) in [7, 11) is 1.32. The molecular weight excluding hydrogens is 275 g/mol. The van der Waals surface area contributed by atoms with Crippen LogP contribution in [0.15, 0.2) is 18.2 Å². The summed E-state index contributed by atoms with van der Waals surface area (Å²) in [4.78, 5) is 11.0. The molecule has 0 aliphatic carbocycles. The van der Waals surface area contributed by atoms with E-state index in [1.165, 1.54) is 7.11 Å². The van der Waals surface area contributed by atoms with Crippen molar-refractivity contribution < 1.29 is 9.53 Å². The maximum atomic E-state index is 11.0. The molecule has 0 spiro atoms. The van der Waals surface area contributed by atoms with Crippen LogP contribution < -0.4 is 11.1 Å². The zero-order chi connectivity index (χ0) is 13.5. The van der Waals surface area contributed by atoms with Crippen molar-refractivity contribution in [2.45, 2.75) is 12.5 Å². The van der Waals surface area contributed by atoms with E-state index in [0.29, 0.717) is 23.1 Å². The predicted molar refractivity (Wildman–Crippen MR) is 73.0 cm³/mol. The van der Waals surface area contributed by atoms with Gasteiger partial charge in [-0.25, -0.2) is 0 Å². The molecule has 0 heterocycles. The Labute approximate surface area is 116 Å². The topological polar surface area (TPSA) is 64.3 Å². The van der Waals surface area contributed by atoms with Crippen molar-refractivity contribution in [3.8, 4) is 0 Å². The number of methoxy groups -OCH3 is 1. The molecule has 4 nitrogen and oxygen atoms in total. The smallest absolute Gasteiger partial charge is 0.323 e. The number of carbonyl (C=O) groups is 1. The van der Waals surface area contributed by atoms with Crippen molar-refractivity contribution in [2.75, 3.05) is 20.2 Å². The van der Waals surface area contributed by atoms with Crippen molar-refractivity contribution in [1.29, 1.82) is 0 Å². The van der Waals surface area contributed by atoms with E-state index < -0.39 is 12.0 Å². The number of nitrogens with two attached hydrogens (primary N) is 1. The van der Waals surface area contributed by atoms with Gasteiger partial charge >= 0.3 is 5.97 Å². The molecule has 1 rings (SSSR count). The van der Waals surface area contributed by atoms with Crippen molar-refractivity contribution in [3.05, 3.63) is 33.8 Å². The average molecular weight is 291 g/mol. The number of benzene rings is 1. The fraction of sp³-hybridized carbons (Fsp3) is 0.417. The summed E-state index contributed by atoms with van der Waals surface area (Å²) in [6.45, 7) is 1.05. The number of nitrogens with one attached hydrogen (secondary N) is 1. The number of hydrogen-bond acceptors (Lipinski definition) is 4. The molecule has 0 aromatic heterocycles. The van der Waals surface area contributed by atoms with Gasteiger partial charge in [-0.3, -0.25) is 4.79 Å². The number of hydrogen-bond donors (Lipinski definition) is 2. The van der Waals surface area contributed by atoms with Crippen LogP contribution >= 0.6 is 23.2 Å². The van der Waals surface area contributed by atoms with Crippen LogP contribution in [0.4, 0.5) is 0 Å². The lowest BCUT2D eigenvalue weighted by Gasteiger charge is -2.11. The van der Waals surface area contributed by atoms with Crippen LogP contribution in [0, 0.1) is 0 Å². The third-order valence-electron chi connectivity index (χ3n) is 2.45. The van der Waals surface area contributed by atoms with Crippen LogP contribution in [0.5, 0.6) is 0 Å².